The van der Waals surface area contributed by atoms with Crippen molar-refractivity contribution in [2.24, 2.45) is 0 Å². The van der Waals surface area contributed by atoms with Gasteiger partial charge in [0, 0.05) is 10.8 Å². The van der Waals surface area contributed by atoms with Gasteiger partial charge in [-0.1, -0.05) is 39.0 Å². The van der Waals surface area contributed by atoms with Gasteiger partial charge >= 0.3 is 0 Å². The van der Waals surface area contributed by atoms with Crippen LogP contribution in [0.1, 0.15) is 51.3 Å². The summed E-state index contributed by atoms with van der Waals surface area (Å²) in [4.78, 5) is 0. The predicted octanol–water partition coefficient (Wildman–Crippen LogP) is 5.32. The minimum Gasteiger partial charge on any atom is -0.123 e. The fourth-order valence-corrected chi connectivity index (χ4v) is 2.67. The molecule has 1 rings (SSSR count). The first-order valence-corrected chi connectivity index (χ1v) is 7.48. The second-order valence-corrected chi connectivity index (χ2v) is 7.65. The molecule has 0 fully saturated rings. The largest absolute Gasteiger partial charge is 0.123 e. The van der Waals surface area contributed by atoms with E-state index in [2.05, 4.69) is 45.9 Å². The molecule has 0 spiro atoms. The van der Waals surface area contributed by atoms with Crippen LogP contribution in [-0.2, 0) is 18.3 Å². The monoisotopic (exact) mass is 286 g/mol. The summed E-state index contributed by atoms with van der Waals surface area (Å²) in [6.45, 7) is 10.8. The molecule has 0 amide bonds. The van der Waals surface area contributed by atoms with Crippen LogP contribution in [0.15, 0.2) is 18.2 Å². The van der Waals surface area contributed by atoms with E-state index >= 15 is 0 Å². The van der Waals surface area contributed by atoms with Crippen LogP contribution in [0.4, 0.5) is 0 Å². The van der Waals surface area contributed by atoms with Crippen LogP contribution in [0.25, 0.3) is 0 Å². The van der Waals surface area contributed by atoms with Crippen molar-refractivity contribution in [2.45, 2.75) is 63.6 Å². The Hall–Kier alpha value is -0.200. The molecule has 0 aromatic heterocycles. The smallest absolute Gasteiger partial charge is 0.0348 e. The number of benzene rings is 1. The summed E-state index contributed by atoms with van der Waals surface area (Å²) in [5.74, 6) is 0. The van der Waals surface area contributed by atoms with E-state index in [0.29, 0.717) is 0 Å². The second-order valence-electron chi connectivity index (χ2n) is 6.16. The zero-order valence-electron chi connectivity index (χ0n) is 12.1. The highest BCUT2D eigenvalue weighted by atomic mass is 35.5. The maximum absolute atomic E-state index is 6.21. The van der Waals surface area contributed by atoms with Crippen molar-refractivity contribution in [1.29, 1.82) is 0 Å². The zero-order valence-corrected chi connectivity index (χ0v) is 13.6. The minimum atomic E-state index is 0.146. The van der Waals surface area contributed by atoms with E-state index in [1.54, 1.807) is 0 Å². The van der Waals surface area contributed by atoms with Crippen LogP contribution in [-0.4, -0.2) is 10.8 Å². The van der Waals surface area contributed by atoms with E-state index in [9.17, 15) is 0 Å². The molecule has 0 N–H and O–H groups in total. The van der Waals surface area contributed by atoms with Crippen molar-refractivity contribution in [3.05, 3.63) is 34.9 Å². The maximum Gasteiger partial charge on any atom is 0.0348 e. The second kappa shape index (κ2) is 6.30. The summed E-state index contributed by atoms with van der Waals surface area (Å²) in [5.41, 5.74) is 4.27. The topological polar surface area (TPSA) is 0 Å². The van der Waals surface area contributed by atoms with Gasteiger partial charge in [-0.3, -0.25) is 0 Å². The molecule has 1 aromatic rings. The first kappa shape index (κ1) is 15.9. The molecule has 0 aliphatic heterocycles. The van der Waals surface area contributed by atoms with E-state index in [-0.39, 0.29) is 16.2 Å². The van der Waals surface area contributed by atoms with Gasteiger partial charge in [-0.2, -0.15) is 0 Å². The summed E-state index contributed by atoms with van der Waals surface area (Å²) in [5, 5.41) is 0.308. The molecule has 0 saturated carbocycles. The van der Waals surface area contributed by atoms with Gasteiger partial charge in [-0.25, -0.2) is 0 Å². The average molecular weight is 287 g/mol. The molecule has 0 saturated heterocycles. The number of hydrogen-bond donors (Lipinski definition) is 0. The van der Waals surface area contributed by atoms with Crippen LogP contribution in [0.2, 0.25) is 0 Å². The Bertz CT molecular complexity index is 387. The van der Waals surface area contributed by atoms with Crippen molar-refractivity contribution in [3.8, 4) is 0 Å². The van der Waals surface area contributed by atoms with Crippen molar-refractivity contribution < 1.29 is 0 Å². The molecule has 18 heavy (non-hydrogen) atoms. The Balaban J connectivity index is 3.25. The van der Waals surface area contributed by atoms with E-state index in [1.165, 1.54) is 16.7 Å². The lowest BCUT2D eigenvalue weighted by Gasteiger charge is -2.26. The van der Waals surface area contributed by atoms with Crippen molar-refractivity contribution in [2.75, 3.05) is 0 Å². The molecular weight excluding hydrogens is 263 g/mol. The van der Waals surface area contributed by atoms with Crippen molar-refractivity contribution in [3.63, 3.8) is 0 Å². The van der Waals surface area contributed by atoms with Crippen LogP contribution in [0.3, 0.4) is 0 Å². The first-order valence-electron chi connectivity index (χ1n) is 6.61. The fourth-order valence-electron chi connectivity index (χ4n) is 2.35. The molecule has 2 atom stereocenters. The molecule has 102 valence electrons. The van der Waals surface area contributed by atoms with Gasteiger partial charge in [0.05, 0.1) is 0 Å². The molecular formula is C16H24Cl2. The number of rotatable bonds is 4. The van der Waals surface area contributed by atoms with Crippen LogP contribution in [0, 0.1) is 0 Å². The van der Waals surface area contributed by atoms with Crippen LogP contribution in [0.5, 0.6) is 0 Å². The zero-order chi connectivity index (χ0) is 13.9. The third kappa shape index (κ3) is 4.48. The molecule has 1 aromatic carbocycles. The summed E-state index contributed by atoms with van der Waals surface area (Å²) < 4.78 is 0. The molecule has 0 heterocycles. The normalized spacial score (nSPS) is 15.5. The van der Waals surface area contributed by atoms with E-state index in [1.807, 2.05) is 6.92 Å². The summed E-state index contributed by atoms with van der Waals surface area (Å²) in [6, 6.07) is 6.54. The third-order valence-electron chi connectivity index (χ3n) is 3.07. The summed E-state index contributed by atoms with van der Waals surface area (Å²) in [6.07, 6.45) is 1.82. The van der Waals surface area contributed by atoms with Crippen LogP contribution >= 0.6 is 23.2 Å². The van der Waals surface area contributed by atoms with Gasteiger partial charge in [-0.15, -0.1) is 23.2 Å². The van der Waals surface area contributed by atoms with E-state index < -0.39 is 0 Å². The minimum absolute atomic E-state index is 0.146. The van der Waals surface area contributed by atoms with Gasteiger partial charge < -0.3 is 0 Å². The molecule has 0 aliphatic rings. The first-order chi connectivity index (χ1) is 8.21. The number of alkyl halides is 2. The van der Waals surface area contributed by atoms with E-state index in [4.69, 9.17) is 23.2 Å². The maximum atomic E-state index is 6.21. The predicted molar refractivity (Wildman–Crippen MR) is 83.2 cm³/mol. The average Bonchev–Trinajstić information content (AvgIpc) is 2.17. The molecule has 0 aliphatic carbocycles. The standard InChI is InChI=1S/C16H24Cl2/c1-11(17)9-13-7-6-8-15(16(3,4)5)14(13)10-12(2)18/h6-8,11-12H,9-10H2,1-5H3. The Morgan fingerprint density at radius 3 is 2.00 bits per heavy atom. The van der Waals surface area contributed by atoms with Gasteiger partial charge in [0.2, 0.25) is 0 Å². The van der Waals surface area contributed by atoms with Crippen molar-refractivity contribution in [1.82, 2.24) is 0 Å². The molecule has 0 nitrogen and oxygen atoms in total. The highest BCUT2D eigenvalue weighted by Gasteiger charge is 2.21. The van der Waals surface area contributed by atoms with E-state index in [0.717, 1.165) is 12.8 Å². The highest BCUT2D eigenvalue weighted by Crippen LogP contribution is 2.30. The van der Waals surface area contributed by atoms with Gasteiger partial charge in [0.1, 0.15) is 0 Å². The quantitative estimate of drug-likeness (QED) is 0.657. The van der Waals surface area contributed by atoms with Gasteiger partial charge in [-0.05, 0) is 48.8 Å². The Morgan fingerprint density at radius 1 is 1.00 bits per heavy atom. The van der Waals surface area contributed by atoms with Gasteiger partial charge in [0.15, 0.2) is 0 Å². The lowest BCUT2D eigenvalue weighted by molar-refractivity contribution is 0.579. The summed E-state index contributed by atoms with van der Waals surface area (Å²) in [7, 11) is 0. The fraction of sp³-hybridized carbons (Fsp3) is 0.625. The molecule has 0 radical (unpaired) electrons. The van der Waals surface area contributed by atoms with Gasteiger partial charge in [0.25, 0.3) is 0 Å². The molecule has 2 unspecified atom stereocenters. The lowest BCUT2D eigenvalue weighted by atomic mass is 9.80. The Kier molecular flexibility index (Phi) is 5.55. The Morgan fingerprint density at radius 2 is 1.56 bits per heavy atom. The Labute approximate surface area is 122 Å². The molecule has 2 heteroatoms. The number of hydrogen-bond acceptors (Lipinski definition) is 0. The third-order valence-corrected chi connectivity index (χ3v) is 3.38. The van der Waals surface area contributed by atoms with Crippen LogP contribution < -0.4 is 0 Å². The highest BCUT2D eigenvalue weighted by molar-refractivity contribution is 6.20. The lowest BCUT2D eigenvalue weighted by Crippen LogP contribution is -2.18. The van der Waals surface area contributed by atoms with Crippen molar-refractivity contribution >= 4 is 23.2 Å². The SMILES string of the molecule is CC(Cl)Cc1cccc(C(C)(C)C)c1CC(C)Cl. The summed E-state index contributed by atoms with van der Waals surface area (Å²) >= 11 is 12.4. The molecule has 0 bridgehead atoms. The number of halogens is 2.